The first kappa shape index (κ1) is 23.8. The Labute approximate surface area is 201 Å². The van der Waals surface area contributed by atoms with E-state index < -0.39 is 0 Å². The minimum absolute atomic E-state index is 0.216. The smallest absolute Gasteiger partial charge is 0.337 e. The van der Waals surface area contributed by atoms with Gasteiger partial charge in [0, 0.05) is 12.0 Å². The van der Waals surface area contributed by atoms with Crippen molar-refractivity contribution in [3.8, 4) is 16.9 Å². The van der Waals surface area contributed by atoms with E-state index in [1.54, 1.807) is 6.07 Å². The number of carbonyl (C=O) groups excluding carboxylic acids is 2. The summed E-state index contributed by atoms with van der Waals surface area (Å²) in [6, 6.07) is 17.9. The first-order valence-electron chi connectivity index (χ1n) is 12.0. The lowest BCUT2D eigenvalue weighted by molar-refractivity contribution is -0.140. The Balaban J connectivity index is 1.64. The van der Waals surface area contributed by atoms with Crippen LogP contribution in [0.2, 0.25) is 0 Å². The van der Waals surface area contributed by atoms with E-state index in [2.05, 4.69) is 18.2 Å². The number of fused-ring (bicyclic) bond motifs is 1. The Morgan fingerprint density at radius 3 is 2.38 bits per heavy atom. The van der Waals surface area contributed by atoms with Crippen LogP contribution in [-0.4, -0.2) is 32.8 Å². The van der Waals surface area contributed by atoms with E-state index in [1.807, 2.05) is 30.3 Å². The molecule has 1 fully saturated rings. The number of carbonyl (C=O) groups is 2. The van der Waals surface area contributed by atoms with Gasteiger partial charge in [0.15, 0.2) is 0 Å². The first-order valence-corrected chi connectivity index (χ1v) is 12.0. The molecule has 0 unspecified atom stereocenters. The Hall–Kier alpha value is -3.34. The van der Waals surface area contributed by atoms with Gasteiger partial charge in [-0.3, -0.25) is 4.79 Å². The van der Waals surface area contributed by atoms with Gasteiger partial charge in [0.25, 0.3) is 0 Å². The molecule has 1 aliphatic rings. The van der Waals surface area contributed by atoms with Crippen molar-refractivity contribution in [1.29, 1.82) is 0 Å². The predicted octanol–water partition coefficient (Wildman–Crippen LogP) is 6.36. The molecule has 0 atom stereocenters. The molecule has 1 saturated carbocycles. The molecule has 3 aromatic carbocycles. The van der Waals surface area contributed by atoms with Crippen LogP contribution < -0.4 is 4.74 Å². The van der Waals surface area contributed by atoms with Gasteiger partial charge >= 0.3 is 11.9 Å². The lowest BCUT2D eigenvalue weighted by atomic mass is 9.90. The maximum Gasteiger partial charge on any atom is 0.337 e. The third-order valence-corrected chi connectivity index (χ3v) is 6.66. The van der Waals surface area contributed by atoms with Crippen LogP contribution in [-0.2, 0) is 20.7 Å². The molecule has 178 valence electrons. The molecule has 5 nitrogen and oxygen atoms in total. The minimum atomic E-state index is -0.345. The number of hydrogen-bond donors (Lipinski definition) is 0. The molecule has 0 amide bonds. The molecule has 34 heavy (non-hydrogen) atoms. The van der Waals surface area contributed by atoms with Crippen molar-refractivity contribution >= 4 is 22.7 Å². The fourth-order valence-corrected chi connectivity index (χ4v) is 4.65. The van der Waals surface area contributed by atoms with Crippen molar-refractivity contribution in [3.05, 3.63) is 65.7 Å². The number of benzene rings is 3. The van der Waals surface area contributed by atoms with Crippen LogP contribution in [0.1, 0.15) is 54.4 Å². The van der Waals surface area contributed by atoms with Crippen molar-refractivity contribution in [3.63, 3.8) is 0 Å². The van der Waals surface area contributed by atoms with Gasteiger partial charge in [0.05, 0.1) is 26.4 Å². The van der Waals surface area contributed by atoms with Gasteiger partial charge in [-0.15, -0.1) is 0 Å². The van der Waals surface area contributed by atoms with Crippen LogP contribution in [0.4, 0.5) is 0 Å². The monoisotopic (exact) mass is 460 g/mol. The maximum absolute atomic E-state index is 11.9. The summed E-state index contributed by atoms with van der Waals surface area (Å²) < 4.78 is 16.0. The minimum Gasteiger partial charge on any atom is -0.493 e. The van der Waals surface area contributed by atoms with Gasteiger partial charge in [0.2, 0.25) is 0 Å². The maximum atomic E-state index is 11.9. The molecule has 0 spiro atoms. The molecule has 0 saturated heterocycles. The highest BCUT2D eigenvalue weighted by Gasteiger charge is 2.16. The van der Waals surface area contributed by atoms with Crippen LogP contribution in [0.3, 0.4) is 0 Å². The van der Waals surface area contributed by atoms with E-state index in [4.69, 9.17) is 14.2 Å². The molecule has 0 radical (unpaired) electrons. The molecule has 0 aromatic heterocycles. The van der Waals surface area contributed by atoms with Crippen molar-refractivity contribution in [2.45, 2.75) is 44.9 Å². The Kier molecular flexibility index (Phi) is 7.84. The zero-order valence-electron chi connectivity index (χ0n) is 20.0. The number of esters is 2. The lowest BCUT2D eigenvalue weighted by Gasteiger charge is -2.23. The van der Waals surface area contributed by atoms with Crippen molar-refractivity contribution in [2.75, 3.05) is 20.8 Å². The second-order valence-corrected chi connectivity index (χ2v) is 8.99. The van der Waals surface area contributed by atoms with E-state index in [0.717, 1.165) is 39.8 Å². The fourth-order valence-electron chi connectivity index (χ4n) is 4.65. The summed E-state index contributed by atoms with van der Waals surface area (Å²) in [5.74, 6) is 0.904. The molecule has 5 heteroatoms. The predicted molar refractivity (Wildman–Crippen MR) is 133 cm³/mol. The molecular formula is C29H32O5. The van der Waals surface area contributed by atoms with E-state index in [-0.39, 0.29) is 11.9 Å². The van der Waals surface area contributed by atoms with Gasteiger partial charge in [-0.1, -0.05) is 43.5 Å². The van der Waals surface area contributed by atoms with Crippen molar-refractivity contribution in [1.82, 2.24) is 0 Å². The Morgan fingerprint density at radius 2 is 1.62 bits per heavy atom. The average molecular weight is 461 g/mol. The summed E-state index contributed by atoms with van der Waals surface area (Å²) in [6.45, 7) is 0.727. The van der Waals surface area contributed by atoms with Crippen LogP contribution >= 0.6 is 0 Å². The van der Waals surface area contributed by atoms with E-state index in [0.29, 0.717) is 24.3 Å². The topological polar surface area (TPSA) is 61.8 Å². The lowest BCUT2D eigenvalue weighted by Crippen LogP contribution is -2.15. The number of hydrogen-bond acceptors (Lipinski definition) is 5. The molecular weight excluding hydrogens is 428 g/mol. The van der Waals surface area contributed by atoms with Gasteiger partial charge in [0.1, 0.15) is 5.75 Å². The summed E-state index contributed by atoms with van der Waals surface area (Å²) in [4.78, 5) is 23.5. The fraction of sp³-hybridized carbons (Fsp3) is 0.379. The highest BCUT2D eigenvalue weighted by atomic mass is 16.5. The SMILES string of the molecule is COC(=O)CCc1ccc(OCC2CCCCC2)c(-c2ccc3cc(C(=O)OC)ccc3c2)c1. The number of methoxy groups -OCH3 is 2. The zero-order chi connectivity index (χ0) is 23.9. The largest absolute Gasteiger partial charge is 0.493 e. The summed E-state index contributed by atoms with van der Waals surface area (Å²) in [5, 5.41) is 2.00. The van der Waals surface area contributed by atoms with Crippen LogP contribution in [0.5, 0.6) is 5.75 Å². The second-order valence-electron chi connectivity index (χ2n) is 8.99. The molecule has 0 bridgehead atoms. The Morgan fingerprint density at radius 1 is 0.853 bits per heavy atom. The standard InChI is InChI=1S/C29H32O5/c1-32-28(30)15-9-20-8-14-27(34-19-21-6-4-3-5-7-21)26(16-20)24-12-10-23-18-25(29(31)33-2)13-11-22(23)17-24/h8,10-14,16-18,21H,3-7,9,15,19H2,1-2H3. The number of rotatable bonds is 8. The van der Waals surface area contributed by atoms with E-state index in [1.165, 1.54) is 46.3 Å². The van der Waals surface area contributed by atoms with E-state index in [9.17, 15) is 9.59 Å². The van der Waals surface area contributed by atoms with Crippen LogP contribution in [0.15, 0.2) is 54.6 Å². The highest BCUT2D eigenvalue weighted by Crippen LogP contribution is 2.35. The average Bonchev–Trinajstić information content (AvgIpc) is 2.90. The Bertz CT molecular complexity index is 1160. The summed E-state index contributed by atoms with van der Waals surface area (Å²) in [6.07, 6.45) is 7.30. The molecule has 0 N–H and O–H groups in total. The van der Waals surface area contributed by atoms with Gasteiger partial charge in [-0.05, 0) is 77.4 Å². The highest BCUT2D eigenvalue weighted by molar-refractivity contribution is 5.96. The molecule has 0 heterocycles. The summed E-state index contributed by atoms with van der Waals surface area (Å²) >= 11 is 0. The van der Waals surface area contributed by atoms with Gasteiger partial charge in [-0.25, -0.2) is 4.79 Å². The zero-order valence-corrected chi connectivity index (χ0v) is 20.0. The molecule has 4 rings (SSSR count). The molecule has 3 aromatic rings. The third-order valence-electron chi connectivity index (χ3n) is 6.66. The molecule has 0 aliphatic heterocycles. The van der Waals surface area contributed by atoms with Crippen LogP contribution in [0, 0.1) is 5.92 Å². The molecule has 1 aliphatic carbocycles. The quantitative estimate of drug-likeness (QED) is 0.366. The van der Waals surface area contributed by atoms with Gasteiger partial charge < -0.3 is 14.2 Å². The number of ether oxygens (including phenoxy) is 3. The van der Waals surface area contributed by atoms with Crippen molar-refractivity contribution < 1.29 is 23.8 Å². The van der Waals surface area contributed by atoms with E-state index >= 15 is 0 Å². The first-order chi connectivity index (χ1) is 16.6. The second kappa shape index (κ2) is 11.2. The van der Waals surface area contributed by atoms with Crippen LogP contribution in [0.25, 0.3) is 21.9 Å². The number of aryl methyl sites for hydroxylation is 1. The van der Waals surface area contributed by atoms with Crippen molar-refractivity contribution in [2.24, 2.45) is 5.92 Å². The van der Waals surface area contributed by atoms with Gasteiger partial charge in [-0.2, -0.15) is 0 Å². The third kappa shape index (κ3) is 5.77. The summed E-state index contributed by atoms with van der Waals surface area (Å²) in [7, 11) is 2.80. The summed E-state index contributed by atoms with van der Waals surface area (Å²) in [5.41, 5.74) is 3.64. The normalized spacial score (nSPS) is 14.1.